The summed E-state index contributed by atoms with van der Waals surface area (Å²) in [5.41, 5.74) is 0.192. The average molecular weight is 310 g/mol. The van der Waals surface area contributed by atoms with Crippen molar-refractivity contribution in [1.82, 2.24) is 4.90 Å². The Hall–Kier alpha value is -1.06. The van der Waals surface area contributed by atoms with Crippen molar-refractivity contribution in [3.8, 4) is 5.75 Å². The second-order valence-electron chi connectivity index (χ2n) is 6.76. The Kier molecular flexibility index (Phi) is 5.28. The molecule has 2 rings (SSSR count). The summed E-state index contributed by atoms with van der Waals surface area (Å²) in [5.74, 6) is 1.33. The molecule has 0 saturated carbocycles. The second kappa shape index (κ2) is 6.80. The molecule has 0 unspecified atom stereocenters. The van der Waals surface area contributed by atoms with Crippen molar-refractivity contribution in [1.29, 1.82) is 0 Å². The fourth-order valence-electron chi connectivity index (χ4n) is 2.68. The molecular weight excluding hydrogens is 286 g/mol. The summed E-state index contributed by atoms with van der Waals surface area (Å²) in [6, 6.07) is 7.10. The molecule has 1 aliphatic heterocycles. The molecule has 1 aromatic carbocycles. The third-order valence-corrected chi connectivity index (χ3v) is 4.22. The molecule has 4 heteroatoms. The van der Waals surface area contributed by atoms with Crippen LogP contribution < -0.4 is 4.74 Å². The SMILES string of the molecule is CC(C)(C)N1CC[C@H](CC(=O)COc2ccc(Cl)cc2)C1. The predicted octanol–water partition coefficient (Wildman–Crippen LogP) is 3.80. The third-order valence-electron chi connectivity index (χ3n) is 3.96. The second-order valence-corrected chi connectivity index (χ2v) is 7.19. The summed E-state index contributed by atoms with van der Waals surface area (Å²) in [6.07, 6.45) is 1.71. The molecule has 0 aliphatic carbocycles. The molecule has 1 atom stereocenters. The van der Waals surface area contributed by atoms with Crippen LogP contribution in [0.3, 0.4) is 0 Å². The zero-order valence-electron chi connectivity index (χ0n) is 13.1. The Morgan fingerprint density at radius 3 is 2.57 bits per heavy atom. The highest BCUT2D eigenvalue weighted by atomic mass is 35.5. The first-order valence-electron chi connectivity index (χ1n) is 7.50. The lowest BCUT2D eigenvalue weighted by molar-refractivity contribution is -0.121. The Morgan fingerprint density at radius 2 is 2.00 bits per heavy atom. The molecule has 1 heterocycles. The smallest absolute Gasteiger partial charge is 0.170 e. The highest BCUT2D eigenvalue weighted by Crippen LogP contribution is 2.26. The van der Waals surface area contributed by atoms with Gasteiger partial charge in [0.25, 0.3) is 0 Å². The van der Waals surface area contributed by atoms with Gasteiger partial charge in [-0.3, -0.25) is 9.69 Å². The number of halogens is 1. The Morgan fingerprint density at radius 1 is 1.33 bits per heavy atom. The normalized spacial score (nSPS) is 19.7. The number of hydrogen-bond acceptors (Lipinski definition) is 3. The maximum atomic E-state index is 12.0. The standard InChI is InChI=1S/C17H24ClNO2/c1-17(2,3)19-9-8-13(11-19)10-15(20)12-21-16-6-4-14(18)5-7-16/h4-7,13H,8-12H2,1-3H3/t13-/m1/s1. The highest BCUT2D eigenvalue weighted by Gasteiger charge is 2.31. The third kappa shape index (κ3) is 5.01. The van der Waals surface area contributed by atoms with Gasteiger partial charge >= 0.3 is 0 Å². The lowest BCUT2D eigenvalue weighted by atomic mass is 10.0. The van der Waals surface area contributed by atoms with Gasteiger partial charge in [0, 0.05) is 23.5 Å². The number of ketones is 1. The first-order chi connectivity index (χ1) is 9.84. The molecule has 3 nitrogen and oxygen atoms in total. The lowest BCUT2D eigenvalue weighted by Gasteiger charge is -2.31. The Bertz CT molecular complexity index is 479. The van der Waals surface area contributed by atoms with E-state index in [1.807, 2.05) is 0 Å². The highest BCUT2D eigenvalue weighted by molar-refractivity contribution is 6.30. The van der Waals surface area contributed by atoms with Crippen LogP contribution in [0.4, 0.5) is 0 Å². The number of hydrogen-bond donors (Lipinski definition) is 0. The minimum absolute atomic E-state index is 0.146. The van der Waals surface area contributed by atoms with Gasteiger partial charge in [0.15, 0.2) is 5.78 Å². The minimum atomic E-state index is 0.146. The maximum Gasteiger partial charge on any atom is 0.170 e. The van der Waals surface area contributed by atoms with E-state index in [4.69, 9.17) is 16.3 Å². The zero-order chi connectivity index (χ0) is 15.5. The van der Waals surface area contributed by atoms with Crippen LogP contribution in [0.1, 0.15) is 33.6 Å². The van der Waals surface area contributed by atoms with Crippen LogP contribution in [0.5, 0.6) is 5.75 Å². The summed E-state index contributed by atoms with van der Waals surface area (Å²) in [4.78, 5) is 14.5. The van der Waals surface area contributed by atoms with Crippen molar-refractivity contribution in [2.45, 2.75) is 39.2 Å². The van der Waals surface area contributed by atoms with E-state index >= 15 is 0 Å². The summed E-state index contributed by atoms with van der Waals surface area (Å²) in [6.45, 7) is 8.91. The summed E-state index contributed by atoms with van der Waals surface area (Å²) in [7, 11) is 0. The molecule has 116 valence electrons. The van der Waals surface area contributed by atoms with Gasteiger partial charge in [0.05, 0.1) is 0 Å². The number of carbonyl (C=O) groups excluding carboxylic acids is 1. The number of carbonyl (C=O) groups is 1. The number of likely N-dealkylation sites (tertiary alicyclic amines) is 1. The van der Waals surface area contributed by atoms with Gasteiger partial charge < -0.3 is 4.74 Å². The van der Waals surface area contributed by atoms with Crippen molar-refractivity contribution in [2.75, 3.05) is 19.7 Å². The minimum Gasteiger partial charge on any atom is -0.486 e. The Labute approximate surface area is 132 Å². The number of Topliss-reactive ketones (excluding diaryl/α,β-unsaturated/α-hetero) is 1. The molecule has 0 aromatic heterocycles. The number of ether oxygens (including phenoxy) is 1. The van der Waals surface area contributed by atoms with Crippen LogP contribution in [-0.4, -0.2) is 35.9 Å². The number of rotatable bonds is 5. The van der Waals surface area contributed by atoms with Crippen molar-refractivity contribution in [2.24, 2.45) is 5.92 Å². The van der Waals surface area contributed by atoms with Gasteiger partial charge in [0.2, 0.25) is 0 Å². The molecule has 1 saturated heterocycles. The first-order valence-corrected chi connectivity index (χ1v) is 7.87. The summed E-state index contributed by atoms with van der Waals surface area (Å²) in [5, 5.41) is 0.668. The average Bonchev–Trinajstić information content (AvgIpc) is 2.86. The van der Waals surface area contributed by atoms with E-state index in [0.29, 0.717) is 23.1 Å². The first kappa shape index (κ1) is 16.3. The molecule has 21 heavy (non-hydrogen) atoms. The molecule has 0 amide bonds. The fourth-order valence-corrected chi connectivity index (χ4v) is 2.81. The summed E-state index contributed by atoms with van der Waals surface area (Å²) >= 11 is 5.81. The molecule has 1 fully saturated rings. The largest absolute Gasteiger partial charge is 0.486 e. The van der Waals surface area contributed by atoms with Crippen molar-refractivity contribution in [3.05, 3.63) is 29.3 Å². The van der Waals surface area contributed by atoms with Crippen LogP contribution >= 0.6 is 11.6 Å². The Balaban J connectivity index is 1.74. The summed E-state index contributed by atoms with van der Waals surface area (Å²) < 4.78 is 5.51. The molecule has 0 spiro atoms. The van der Waals surface area contributed by atoms with Gasteiger partial charge in [-0.2, -0.15) is 0 Å². The molecule has 1 aliphatic rings. The van der Waals surface area contributed by atoms with E-state index < -0.39 is 0 Å². The van der Waals surface area contributed by atoms with Gasteiger partial charge in [-0.15, -0.1) is 0 Å². The van der Waals surface area contributed by atoms with Crippen LogP contribution in [0.25, 0.3) is 0 Å². The van der Waals surface area contributed by atoms with Gasteiger partial charge in [-0.05, 0) is 63.9 Å². The van der Waals surface area contributed by atoms with Gasteiger partial charge in [-0.25, -0.2) is 0 Å². The van der Waals surface area contributed by atoms with Crippen LogP contribution in [-0.2, 0) is 4.79 Å². The zero-order valence-corrected chi connectivity index (χ0v) is 13.8. The maximum absolute atomic E-state index is 12.0. The van der Waals surface area contributed by atoms with Crippen molar-refractivity contribution < 1.29 is 9.53 Å². The molecule has 0 bridgehead atoms. The lowest BCUT2D eigenvalue weighted by Crippen LogP contribution is -2.39. The number of nitrogens with zero attached hydrogens (tertiary/aromatic N) is 1. The molecular formula is C17H24ClNO2. The molecule has 0 N–H and O–H groups in total. The fraction of sp³-hybridized carbons (Fsp3) is 0.588. The topological polar surface area (TPSA) is 29.5 Å². The van der Waals surface area contributed by atoms with Crippen LogP contribution in [0, 0.1) is 5.92 Å². The van der Waals surface area contributed by atoms with E-state index in [9.17, 15) is 4.79 Å². The molecule has 1 aromatic rings. The van der Waals surface area contributed by atoms with E-state index in [2.05, 4.69) is 25.7 Å². The van der Waals surface area contributed by atoms with E-state index in [1.165, 1.54) is 0 Å². The van der Waals surface area contributed by atoms with Crippen LogP contribution in [0.2, 0.25) is 5.02 Å². The number of benzene rings is 1. The predicted molar refractivity (Wildman–Crippen MR) is 86.0 cm³/mol. The van der Waals surface area contributed by atoms with Crippen molar-refractivity contribution >= 4 is 17.4 Å². The monoisotopic (exact) mass is 309 g/mol. The van der Waals surface area contributed by atoms with Crippen molar-refractivity contribution in [3.63, 3.8) is 0 Å². The molecule has 0 radical (unpaired) electrons. The van der Waals surface area contributed by atoms with E-state index in [-0.39, 0.29) is 17.9 Å². The van der Waals surface area contributed by atoms with Crippen LogP contribution in [0.15, 0.2) is 24.3 Å². The van der Waals surface area contributed by atoms with E-state index in [0.717, 1.165) is 19.5 Å². The quantitative estimate of drug-likeness (QED) is 0.828. The van der Waals surface area contributed by atoms with E-state index in [1.54, 1.807) is 24.3 Å². The van der Waals surface area contributed by atoms with Gasteiger partial charge in [0.1, 0.15) is 12.4 Å². The van der Waals surface area contributed by atoms with Gasteiger partial charge in [-0.1, -0.05) is 11.6 Å².